The summed E-state index contributed by atoms with van der Waals surface area (Å²) in [6, 6.07) is 0. The maximum Gasteiger partial charge on any atom is 0.332 e. The summed E-state index contributed by atoms with van der Waals surface area (Å²) in [6.07, 6.45) is 16.9. The number of hydrogen-bond acceptors (Lipinski definition) is 2. The molecule has 0 spiro atoms. The number of aliphatic carboxylic acids is 1. The maximum absolute atomic E-state index is 10.4. The zero-order chi connectivity index (χ0) is 15.1. The van der Waals surface area contributed by atoms with Crippen LogP contribution in [-0.2, 0) is 4.79 Å². The lowest BCUT2D eigenvalue weighted by molar-refractivity contribution is -0.146. The van der Waals surface area contributed by atoms with Crippen LogP contribution in [0.3, 0.4) is 0 Å². The van der Waals surface area contributed by atoms with Crippen molar-refractivity contribution in [3.63, 3.8) is 0 Å². The Balaban J connectivity index is 3.17. The van der Waals surface area contributed by atoms with Crippen molar-refractivity contribution in [3.8, 4) is 0 Å². The first kappa shape index (κ1) is 19.2. The van der Waals surface area contributed by atoms with Crippen molar-refractivity contribution in [3.05, 3.63) is 12.2 Å². The molecule has 1 atom stereocenters. The highest BCUT2D eigenvalue weighted by Gasteiger charge is 2.11. The fraction of sp³-hybridized carbons (Fsp3) is 0.824. The van der Waals surface area contributed by atoms with Crippen LogP contribution in [0.4, 0.5) is 0 Å². The number of carbonyl (C=O) groups is 1. The second-order valence-electron chi connectivity index (χ2n) is 5.52. The van der Waals surface area contributed by atoms with Gasteiger partial charge in [-0.05, 0) is 32.1 Å². The first-order valence-electron chi connectivity index (χ1n) is 8.24. The Morgan fingerprint density at radius 2 is 1.40 bits per heavy atom. The molecule has 3 heteroatoms. The monoisotopic (exact) mass is 284 g/mol. The molecule has 0 heterocycles. The Morgan fingerprint density at radius 1 is 0.900 bits per heavy atom. The summed E-state index contributed by atoms with van der Waals surface area (Å²) in [5.74, 6) is -1.10. The smallest absolute Gasteiger partial charge is 0.332 e. The predicted molar refractivity (Wildman–Crippen MR) is 83.9 cm³/mol. The van der Waals surface area contributed by atoms with Gasteiger partial charge in [-0.3, -0.25) is 0 Å². The molecule has 0 saturated heterocycles. The molecule has 2 N–H and O–H groups in total. The van der Waals surface area contributed by atoms with E-state index in [2.05, 4.69) is 19.1 Å². The molecule has 0 radical (unpaired) electrons. The number of unbranched alkanes of at least 4 members (excludes halogenated alkanes) is 9. The maximum atomic E-state index is 10.4. The molecule has 0 aromatic heterocycles. The van der Waals surface area contributed by atoms with Gasteiger partial charge in [-0.15, -0.1) is 0 Å². The highest BCUT2D eigenvalue weighted by molar-refractivity contribution is 5.71. The topological polar surface area (TPSA) is 57.5 Å². The lowest BCUT2D eigenvalue weighted by Gasteiger charge is -2.04. The highest BCUT2D eigenvalue weighted by Crippen LogP contribution is 2.09. The van der Waals surface area contributed by atoms with Crippen molar-refractivity contribution in [2.45, 2.75) is 90.1 Å². The minimum absolute atomic E-state index is 0.378. The van der Waals surface area contributed by atoms with Crippen molar-refractivity contribution in [2.75, 3.05) is 0 Å². The molecule has 0 aliphatic carbocycles. The molecule has 1 unspecified atom stereocenters. The largest absolute Gasteiger partial charge is 0.479 e. The summed E-state index contributed by atoms with van der Waals surface area (Å²) in [5, 5.41) is 17.6. The summed E-state index contributed by atoms with van der Waals surface area (Å²) < 4.78 is 0. The van der Waals surface area contributed by atoms with Gasteiger partial charge in [0.15, 0.2) is 6.10 Å². The minimum Gasteiger partial charge on any atom is -0.479 e. The summed E-state index contributed by atoms with van der Waals surface area (Å²) in [6.45, 7) is 2.24. The third kappa shape index (κ3) is 13.6. The van der Waals surface area contributed by atoms with E-state index in [1.54, 1.807) is 0 Å². The summed E-state index contributed by atoms with van der Waals surface area (Å²) in [7, 11) is 0. The van der Waals surface area contributed by atoms with Crippen molar-refractivity contribution in [1.82, 2.24) is 0 Å². The fourth-order valence-corrected chi connectivity index (χ4v) is 2.18. The van der Waals surface area contributed by atoms with Crippen LogP contribution in [0.15, 0.2) is 12.2 Å². The van der Waals surface area contributed by atoms with E-state index in [0.717, 1.165) is 32.1 Å². The summed E-state index contributed by atoms with van der Waals surface area (Å²) >= 11 is 0. The Hall–Kier alpha value is -0.830. The van der Waals surface area contributed by atoms with Crippen molar-refractivity contribution < 1.29 is 15.0 Å². The van der Waals surface area contributed by atoms with E-state index in [0.29, 0.717) is 6.42 Å². The van der Waals surface area contributed by atoms with E-state index < -0.39 is 12.1 Å². The molecule has 0 bridgehead atoms. The Morgan fingerprint density at radius 3 is 1.90 bits per heavy atom. The average Bonchev–Trinajstić information content (AvgIpc) is 2.43. The first-order valence-corrected chi connectivity index (χ1v) is 8.24. The first-order chi connectivity index (χ1) is 9.68. The zero-order valence-electron chi connectivity index (χ0n) is 13.0. The third-order valence-corrected chi connectivity index (χ3v) is 3.52. The van der Waals surface area contributed by atoms with Gasteiger partial charge in [-0.25, -0.2) is 4.79 Å². The quantitative estimate of drug-likeness (QED) is 0.359. The standard InChI is InChI=1S/C17H32O3/c1-2-3-4-5-6-7-8-9-10-11-12-13-14-15-16(18)17(19)20/h8-9,16,18H,2-7,10-15H2,1H3,(H,19,20)/b9-8-. The van der Waals surface area contributed by atoms with Gasteiger partial charge in [0.2, 0.25) is 0 Å². The van der Waals surface area contributed by atoms with Crippen molar-refractivity contribution in [2.24, 2.45) is 0 Å². The van der Waals surface area contributed by atoms with Gasteiger partial charge < -0.3 is 10.2 Å². The van der Waals surface area contributed by atoms with E-state index in [-0.39, 0.29) is 0 Å². The number of hydrogen-bond donors (Lipinski definition) is 2. The van der Waals surface area contributed by atoms with Gasteiger partial charge in [0.1, 0.15) is 0 Å². The van der Waals surface area contributed by atoms with Crippen LogP contribution in [0.2, 0.25) is 0 Å². The molecule has 0 aliphatic heterocycles. The molecule has 20 heavy (non-hydrogen) atoms. The minimum atomic E-state index is -1.18. The molecule has 0 aromatic carbocycles. The van der Waals surface area contributed by atoms with Crippen molar-refractivity contribution >= 4 is 5.97 Å². The Bertz CT molecular complexity index is 249. The van der Waals surface area contributed by atoms with Gasteiger partial charge in [-0.2, -0.15) is 0 Å². The molecular formula is C17H32O3. The molecule has 0 rings (SSSR count). The van der Waals surface area contributed by atoms with E-state index in [1.165, 1.54) is 38.5 Å². The molecule has 0 aromatic rings. The second kappa shape index (κ2) is 14.6. The number of aliphatic hydroxyl groups excluding tert-OH is 1. The Labute approximate surface area is 124 Å². The second-order valence-corrected chi connectivity index (χ2v) is 5.52. The number of allylic oxidation sites excluding steroid dienone is 2. The number of carboxylic acids is 1. The van der Waals surface area contributed by atoms with E-state index >= 15 is 0 Å². The normalized spacial score (nSPS) is 12.9. The lowest BCUT2D eigenvalue weighted by Crippen LogP contribution is -2.18. The SMILES string of the molecule is CCCCCCC/C=C\CCCCCCC(O)C(=O)O. The third-order valence-electron chi connectivity index (χ3n) is 3.52. The molecule has 0 saturated carbocycles. The van der Waals surface area contributed by atoms with Crippen molar-refractivity contribution in [1.29, 1.82) is 0 Å². The zero-order valence-corrected chi connectivity index (χ0v) is 13.0. The van der Waals surface area contributed by atoms with Crippen LogP contribution < -0.4 is 0 Å². The average molecular weight is 284 g/mol. The summed E-state index contributed by atoms with van der Waals surface area (Å²) in [4.78, 5) is 10.4. The van der Waals surface area contributed by atoms with Gasteiger partial charge >= 0.3 is 5.97 Å². The number of carboxylic acid groups (broad SMARTS) is 1. The Kier molecular flexibility index (Phi) is 14.0. The summed E-state index contributed by atoms with van der Waals surface area (Å²) in [5.41, 5.74) is 0. The van der Waals surface area contributed by atoms with E-state index in [4.69, 9.17) is 10.2 Å². The molecular weight excluding hydrogens is 252 g/mol. The molecule has 0 aliphatic rings. The molecule has 0 amide bonds. The van der Waals surface area contributed by atoms with Gasteiger partial charge in [0.05, 0.1) is 0 Å². The van der Waals surface area contributed by atoms with Crippen LogP contribution in [0.1, 0.15) is 84.0 Å². The van der Waals surface area contributed by atoms with E-state index in [9.17, 15) is 4.79 Å². The van der Waals surface area contributed by atoms with E-state index in [1.807, 2.05) is 0 Å². The number of rotatable bonds is 14. The van der Waals surface area contributed by atoms with Crippen LogP contribution in [-0.4, -0.2) is 22.3 Å². The highest BCUT2D eigenvalue weighted by atomic mass is 16.4. The van der Waals surface area contributed by atoms with Crippen LogP contribution in [0.25, 0.3) is 0 Å². The van der Waals surface area contributed by atoms with Crippen LogP contribution >= 0.6 is 0 Å². The van der Waals surface area contributed by atoms with Gasteiger partial charge in [0.25, 0.3) is 0 Å². The molecule has 0 fully saturated rings. The number of aliphatic hydroxyl groups is 1. The predicted octanol–water partition coefficient (Wildman–Crippen LogP) is 4.69. The van der Waals surface area contributed by atoms with Crippen LogP contribution in [0.5, 0.6) is 0 Å². The molecule has 118 valence electrons. The van der Waals surface area contributed by atoms with Gasteiger partial charge in [0, 0.05) is 0 Å². The lowest BCUT2D eigenvalue weighted by atomic mass is 10.1. The van der Waals surface area contributed by atoms with Crippen LogP contribution in [0, 0.1) is 0 Å². The fourth-order valence-electron chi connectivity index (χ4n) is 2.18. The van der Waals surface area contributed by atoms with Gasteiger partial charge in [-0.1, -0.05) is 64.0 Å². The molecule has 3 nitrogen and oxygen atoms in total.